The van der Waals surface area contributed by atoms with Crippen molar-refractivity contribution in [3.8, 4) is 0 Å². The molecule has 1 heterocycles. The third-order valence-corrected chi connectivity index (χ3v) is 5.17. The smallest absolute Gasteiger partial charge is 0.223 e. The van der Waals surface area contributed by atoms with Gasteiger partial charge in [0, 0.05) is 45.4 Å². The summed E-state index contributed by atoms with van der Waals surface area (Å²) in [6, 6.07) is 0. The van der Waals surface area contributed by atoms with Crippen LogP contribution in [0.15, 0.2) is 0 Å². The fraction of sp³-hybridized carbons (Fsp3) is 0.833. The molecule has 2 aliphatic rings. The zero-order chi connectivity index (χ0) is 16.7. The first-order valence-electron chi connectivity index (χ1n) is 9.11. The molecular formula is C18H30N2O3. The van der Waals surface area contributed by atoms with Gasteiger partial charge in [-0.2, -0.15) is 0 Å². The number of nitrogens with zero attached hydrogens (tertiary/aromatic N) is 2. The molecule has 2 amide bonds. The standard InChI is InChI=1S/C18H30N2O3/c1-15(21)7-9-17(22)19-11-13-20(14-12-19)18(23)10-8-16-5-3-2-4-6-16/h16H,2-14H2,1H3. The number of piperazine rings is 1. The Labute approximate surface area is 139 Å². The average molecular weight is 322 g/mol. The lowest BCUT2D eigenvalue weighted by atomic mass is 9.86. The minimum Gasteiger partial charge on any atom is -0.339 e. The van der Waals surface area contributed by atoms with Crippen LogP contribution in [-0.2, 0) is 14.4 Å². The van der Waals surface area contributed by atoms with Crippen molar-refractivity contribution in [3.63, 3.8) is 0 Å². The molecule has 1 saturated carbocycles. The maximum Gasteiger partial charge on any atom is 0.223 e. The van der Waals surface area contributed by atoms with Gasteiger partial charge >= 0.3 is 0 Å². The monoisotopic (exact) mass is 322 g/mol. The molecule has 23 heavy (non-hydrogen) atoms. The highest BCUT2D eigenvalue weighted by Crippen LogP contribution is 2.27. The van der Waals surface area contributed by atoms with Crippen LogP contribution in [0.3, 0.4) is 0 Å². The minimum atomic E-state index is 0.0366. The summed E-state index contributed by atoms with van der Waals surface area (Å²) in [7, 11) is 0. The van der Waals surface area contributed by atoms with Crippen LogP contribution in [0.4, 0.5) is 0 Å². The molecule has 2 fully saturated rings. The first-order chi connectivity index (χ1) is 11.1. The topological polar surface area (TPSA) is 57.7 Å². The van der Waals surface area contributed by atoms with E-state index >= 15 is 0 Å². The SMILES string of the molecule is CC(=O)CCC(=O)N1CCN(C(=O)CCC2CCCCC2)CC1. The van der Waals surface area contributed by atoms with Crippen LogP contribution in [-0.4, -0.2) is 53.6 Å². The number of hydrogen-bond acceptors (Lipinski definition) is 3. The van der Waals surface area contributed by atoms with Gasteiger partial charge in [0.25, 0.3) is 0 Å². The lowest BCUT2D eigenvalue weighted by molar-refractivity contribution is -0.140. The van der Waals surface area contributed by atoms with E-state index in [1.165, 1.54) is 39.0 Å². The van der Waals surface area contributed by atoms with Gasteiger partial charge in [0.1, 0.15) is 5.78 Å². The zero-order valence-electron chi connectivity index (χ0n) is 14.4. The van der Waals surface area contributed by atoms with Crippen molar-refractivity contribution < 1.29 is 14.4 Å². The number of Topliss-reactive ketones (excluding diaryl/α,β-unsaturated/α-hetero) is 1. The lowest BCUT2D eigenvalue weighted by Crippen LogP contribution is -2.50. The molecule has 0 radical (unpaired) electrons. The summed E-state index contributed by atoms with van der Waals surface area (Å²) in [6.45, 7) is 3.98. The van der Waals surface area contributed by atoms with Crippen LogP contribution in [0.25, 0.3) is 0 Å². The van der Waals surface area contributed by atoms with Crippen molar-refractivity contribution in [1.29, 1.82) is 0 Å². The van der Waals surface area contributed by atoms with Gasteiger partial charge in [-0.3, -0.25) is 9.59 Å². The van der Waals surface area contributed by atoms with Gasteiger partial charge in [0.05, 0.1) is 0 Å². The Morgan fingerprint density at radius 3 is 1.83 bits per heavy atom. The summed E-state index contributed by atoms with van der Waals surface area (Å²) in [5.74, 6) is 1.07. The number of ketones is 1. The summed E-state index contributed by atoms with van der Waals surface area (Å²) in [6.07, 6.45) is 8.85. The summed E-state index contributed by atoms with van der Waals surface area (Å²) in [5, 5.41) is 0. The highest BCUT2D eigenvalue weighted by atomic mass is 16.2. The van der Waals surface area contributed by atoms with Crippen LogP contribution >= 0.6 is 0 Å². The Morgan fingerprint density at radius 2 is 1.30 bits per heavy atom. The molecule has 0 aromatic carbocycles. The molecule has 5 nitrogen and oxygen atoms in total. The molecule has 0 bridgehead atoms. The van der Waals surface area contributed by atoms with Crippen LogP contribution in [0.2, 0.25) is 0 Å². The lowest BCUT2D eigenvalue weighted by Gasteiger charge is -2.35. The highest BCUT2D eigenvalue weighted by Gasteiger charge is 2.24. The molecule has 1 aliphatic carbocycles. The van der Waals surface area contributed by atoms with Crippen molar-refractivity contribution in [2.45, 2.75) is 64.7 Å². The van der Waals surface area contributed by atoms with Crippen molar-refractivity contribution in [1.82, 2.24) is 9.80 Å². The van der Waals surface area contributed by atoms with Crippen molar-refractivity contribution >= 4 is 17.6 Å². The third-order valence-electron chi connectivity index (χ3n) is 5.17. The molecule has 1 saturated heterocycles. The van der Waals surface area contributed by atoms with E-state index in [1.54, 1.807) is 4.90 Å². The maximum absolute atomic E-state index is 12.3. The summed E-state index contributed by atoms with van der Waals surface area (Å²) >= 11 is 0. The van der Waals surface area contributed by atoms with E-state index < -0.39 is 0 Å². The van der Waals surface area contributed by atoms with Gasteiger partial charge in [0.2, 0.25) is 11.8 Å². The van der Waals surface area contributed by atoms with Crippen molar-refractivity contribution in [2.75, 3.05) is 26.2 Å². The van der Waals surface area contributed by atoms with E-state index in [9.17, 15) is 14.4 Å². The largest absolute Gasteiger partial charge is 0.339 e. The number of hydrogen-bond donors (Lipinski definition) is 0. The normalized spacial score (nSPS) is 19.7. The van der Waals surface area contributed by atoms with E-state index in [2.05, 4.69) is 0 Å². The quantitative estimate of drug-likeness (QED) is 0.754. The van der Waals surface area contributed by atoms with Crippen LogP contribution in [0, 0.1) is 5.92 Å². The number of carbonyl (C=O) groups excluding carboxylic acids is 3. The molecule has 2 rings (SSSR count). The number of carbonyl (C=O) groups is 3. The Morgan fingerprint density at radius 1 is 0.783 bits per heavy atom. The van der Waals surface area contributed by atoms with Gasteiger partial charge in [-0.05, 0) is 19.3 Å². The van der Waals surface area contributed by atoms with Crippen molar-refractivity contribution in [3.05, 3.63) is 0 Å². The fourth-order valence-electron chi connectivity index (χ4n) is 3.61. The molecule has 0 spiro atoms. The predicted octanol–water partition coefficient (Wildman–Crippen LogP) is 2.39. The average Bonchev–Trinajstić information content (AvgIpc) is 2.58. The first kappa shape index (κ1) is 18.0. The molecule has 130 valence electrons. The van der Waals surface area contributed by atoms with Crippen LogP contribution < -0.4 is 0 Å². The second-order valence-electron chi connectivity index (χ2n) is 7.01. The molecule has 0 unspecified atom stereocenters. The Hall–Kier alpha value is -1.39. The first-order valence-corrected chi connectivity index (χ1v) is 9.11. The van der Waals surface area contributed by atoms with E-state index in [0.29, 0.717) is 45.4 Å². The van der Waals surface area contributed by atoms with Gasteiger partial charge in [-0.25, -0.2) is 0 Å². The fourth-order valence-corrected chi connectivity index (χ4v) is 3.61. The Balaban J connectivity index is 1.65. The van der Waals surface area contributed by atoms with Crippen molar-refractivity contribution in [2.24, 2.45) is 5.92 Å². The third kappa shape index (κ3) is 5.96. The molecule has 1 aliphatic heterocycles. The summed E-state index contributed by atoms with van der Waals surface area (Å²) < 4.78 is 0. The van der Waals surface area contributed by atoms with E-state index in [0.717, 1.165) is 12.3 Å². The Bertz CT molecular complexity index is 422. The zero-order valence-corrected chi connectivity index (χ0v) is 14.4. The number of amides is 2. The molecule has 5 heteroatoms. The molecule has 0 atom stereocenters. The second-order valence-corrected chi connectivity index (χ2v) is 7.01. The predicted molar refractivity (Wildman–Crippen MR) is 88.9 cm³/mol. The van der Waals surface area contributed by atoms with Gasteiger partial charge in [0.15, 0.2) is 0 Å². The Kier molecular flexibility index (Phi) is 7.06. The van der Waals surface area contributed by atoms with E-state index in [1.807, 2.05) is 4.90 Å². The summed E-state index contributed by atoms with van der Waals surface area (Å²) in [4.78, 5) is 38.9. The van der Waals surface area contributed by atoms with Gasteiger partial charge in [-0.1, -0.05) is 32.1 Å². The van der Waals surface area contributed by atoms with E-state index in [-0.39, 0.29) is 17.6 Å². The molecule has 0 N–H and O–H groups in total. The molecule has 0 aromatic heterocycles. The second kappa shape index (κ2) is 9.04. The van der Waals surface area contributed by atoms with E-state index in [4.69, 9.17) is 0 Å². The maximum atomic E-state index is 12.3. The minimum absolute atomic E-state index is 0.0366. The number of rotatable bonds is 6. The molecular weight excluding hydrogens is 292 g/mol. The highest BCUT2D eigenvalue weighted by molar-refractivity contribution is 5.84. The summed E-state index contributed by atoms with van der Waals surface area (Å²) in [5.41, 5.74) is 0. The molecule has 0 aromatic rings. The van der Waals surface area contributed by atoms with Crippen LogP contribution in [0.1, 0.15) is 64.7 Å². The van der Waals surface area contributed by atoms with Gasteiger partial charge < -0.3 is 14.6 Å². The van der Waals surface area contributed by atoms with Crippen LogP contribution in [0.5, 0.6) is 0 Å². The van der Waals surface area contributed by atoms with Gasteiger partial charge in [-0.15, -0.1) is 0 Å².